The molecule has 10 heteroatoms. The lowest BCUT2D eigenvalue weighted by Crippen LogP contribution is -2.26. The highest BCUT2D eigenvalue weighted by Gasteiger charge is 2.18. The molecule has 0 radical (unpaired) electrons. The number of rotatable bonds is 9. The van der Waals surface area contributed by atoms with Gasteiger partial charge in [0, 0.05) is 16.4 Å². The van der Waals surface area contributed by atoms with Crippen molar-refractivity contribution in [2.45, 2.75) is 17.9 Å². The van der Waals surface area contributed by atoms with Crippen LogP contribution in [0.5, 0.6) is 5.75 Å². The van der Waals surface area contributed by atoms with E-state index in [4.69, 9.17) is 9.47 Å². The van der Waals surface area contributed by atoms with Crippen LogP contribution in [0.15, 0.2) is 83.8 Å². The molecule has 0 bridgehead atoms. The molecule has 0 unspecified atom stereocenters. The van der Waals surface area contributed by atoms with Gasteiger partial charge < -0.3 is 14.8 Å². The lowest BCUT2D eigenvalue weighted by molar-refractivity contribution is -0.118. The molecule has 0 saturated heterocycles. The molecule has 0 fully saturated rings. The summed E-state index contributed by atoms with van der Waals surface area (Å²) in [6.07, 6.45) is 0. The van der Waals surface area contributed by atoms with Crippen molar-refractivity contribution in [3.63, 3.8) is 0 Å². The summed E-state index contributed by atoms with van der Waals surface area (Å²) >= 11 is 1.31. The van der Waals surface area contributed by atoms with E-state index < -0.39 is 22.0 Å². The highest BCUT2D eigenvalue weighted by atomic mass is 32.2. The third-order valence-electron chi connectivity index (χ3n) is 5.32. The van der Waals surface area contributed by atoms with Crippen LogP contribution in [0.4, 0.5) is 5.69 Å². The van der Waals surface area contributed by atoms with Crippen LogP contribution in [-0.4, -0.2) is 34.0 Å². The minimum absolute atomic E-state index is 0.0949. The Balaban J connectivity index is 1.33. The first kappa shape index (κ1) is 25.4. The number of esters is 1. The maximum absolute atomic E-state index is 12.7. The van der Waals surface area contributed by atoms with Gasteiger partial charge in [-0.25, -0.2) is 17.9 Å². The molecule has 1 amide bonds. The number of sulfonamides is 1. The molecular weight excluding hydrogens is 500 g/mol. The Morgan fingerprint density at radius 1 is 0.972 bits per heavy atom. The Bertz CT molecular complexity index is 1480. The summed E-state index contributed by atoms with van der Waals surface area (Å²) in [7, 11) is -2.41. The first-order chi connectivity index (χ1) is 17.2. The minimum Gasteiger partial charge on any atom is -0.484 e. The molecule has 3 aromatic carbocycles. The molecule has 36 heavy (non-hydrogen) atoms. The van der Waals surface area contributed by atoms with Gasteiger partial charge in [0.05, 0.1) is 12.0 Å². The first-order valence-corrected chi connectivity index (χ1v) is 13.3. The number of fused-ring (bicyclic) bond motifs is 1. The van der Waals surface area contributed by atoms with Crippen LogP contribution in [0, 0.1) is 0 Å². The van der Waals surface area contributed by atoms with Crippen molar-refractivity contribution >= 4 is 49.0 Å². The van der Waals surface area contributed by atoms with Gasteiger partial charge >= 0.3 is 5.97 Å². The summed E-state index contributed by atoms with van der Waals surface area (Å²) < 4.78 is 39.2. The highest BCUT2D eigenvalue weighted by Crippen LogP contribution is 2.28. The molecule has 1 atom stereocenters. The molecule has 4 aromatic rings. The zero-order chi connectivity index (χ0) is 25.7. The second kappa shape index (κ2) is 10.9. The van der Waals surface area contributed by atoms with E-state index in [0.717, 1.165) is 15.6 Å². The molecule has 2 N–H and O–H groups in total. The largest absolute Gasteiger partial charge is 0.484 e. The molecule has 0 aliphatic heterocycles. The molecule has 1 aromatic heterocycles. The fourth-order valence-corrected chi connectivity index (χ4v) is 5.69. The van der Waals surface area contributed by atoms with Gasteiger partial charge in [-0.15, -0.1) is 11.3 Å². The summed E-state index contributed by atoms with van der Waals surface area (Å²) in [6.45, 7) is 1.52. The quantitative estimate of drug-likeness (QED) is 0.306. The van der Waals surface area contributed by atoms with Crippen molar-refractivity contribution in [1.82, 2.24) is 4.72 Å². The zero-order valence-electron chi connectivity index (χ0n) is 19.6. The van der Waals surface area contributed by atoms with Gasteiger partial charge in [-0.1, -0.05) is 30.3 Å². The first-order valence-electron chi connectivity index (χ1n) is 11.0. The van der Waals surface area contributed by atoms with Crippen LogP contribution in [0.25, 0.3) is 10.1 Å². The Morgan fingerprint density at radius 2 is 1.69 bits per heavy atom. The summed E-state index contributed by atoms with van der Waals surface area (Å²) in [5, 5.41) is 3.56. The van der Waals surface area contributed by atoms with E-state index in [1.54, 1.807) is 25.1 Å². The number of thiophene rings is 1. The number of hydrogen-bond donors (Lipinski definition) is 2. The number of carbonyl (C=O) groups excluding carboxylic acids is 2. The summed E-state index contributed by atoms with van der Waals surface area (Å²) in [5.41, 5.74) is 1.42. The Kier molecular flexibility index (Phi) is 7.68. The van der Waals surface area contributed by atoms with Crippen LogP contribution >= 0.6 is 11.3 Å². The standard InChI is InChI=1S/C26H24N2O6S2/c1-17(18-6-4-3-5-7-18)28-36(31,32)22-11-9-21(10-12-22)34-16-25(29)27-20-8-13-23-19(14-20)15-24(35-23)26(30)33-2/h3-15,17,28H,16H2,1-2H3,(H,27,29)/t17-/m1/s1. The van der Waals surface area contributed by atoms with E-state index in [2.05, 4.69) is 10.0 Å². The Hall–Kier alpha value is -3.73. The van der Waals surface area contributed by atoms with Crippen molar-refractivity contribution in [2.75, 3.05) is 19.0 Å². The van der Waals surface area contributed by atoms with Crippen molar-refractivity contribution < 1.29 is 27.5 Å². The second-order valence-corrected chi connectivity index (χ2v) is 10.7. The van der Waals surface area contributed by atoms with Gasteiger partial charge in [-0.2, -0.15) is 0 Å². The van der Waals surface area contributed by atoms with E-state index >= 15 is 0 Å². The maximum atomic E-state index is 12.7. The average molecular weight is 525 g/mol. The summed E-state index contributed by atoms with van der Waals surface area (Å²) in [4.78, 5) is 24.6. The molecule has 4 rings (SSSR count). The third kappa shape index (κ3) is 6.09. The number of anilines is 1. The maximum Gasteiger partial charge on any atom is 0.348 e. The third-order valence-corrected chi connectivity index (χ3v) is 7.97. The van der Waals surface area contributed by atoms with Crippen LogP contribution in [0.1, 0.15) is 28.2 Å². The van der Waals surface area contributed by atoms with Gasteiger partial charge in [0.1, 0.15) is 10.6 Å². The molecule has 0 saturated carbocycles. The Morgan fingerprint density at radius 3 is 2.39 bits per heavy atom. The average Bonchev–Trinajstić information content (AvgIpc) is 3.31. The van der Waals surface area contributed by atoms with Gasteiger partial charge in [-0.3, -0.25) is 4.79 Å². The van der Waals surface area contributed by atoms with Crippen molar-refractivity contribution in [3.05, 3.63) is 89.3 Å². The summed E-state index contributed by atoms with van der Waals surface area (Å²) in [5.74, 6) is -0.431. The molecule has 0 aliphatic rings. The van der Waals surface area contributed by atoms with Gasteiger partial charge in [0.25, 0.3) is 5.91 Å². The number of methoxy groups -OCH3 is 1. The van der Waals surface area contributed by atoms with Crippen LogP contribution in [0.3, 0.4) is 0 Å². The van der Waals surface area contributed by atoms with Gasteiger partial charge in [-0.05, 0) is 66.4 Å². The fraction of sp³-hybridized carbons (Fsp3) is 0.154. The predicted molar refractivity (Wildman–Crippen MR) is 139 cm³/mol. The number of carbonyl (C=O) groups is 2. The van der Waals surface area contributed by atoms with Gasteiger partial charge in [0.15, 0.2) is 6.61 Å². The van der Waals surface area contributed by atoms with E-state index in [-0.39, 0.29) is 17.4 Å². The zero-order valence-corrected chi connectivity index (χ0v) is 21.2. The minimum atomic E-state index is -3.73. The fourth-order valence-electron chi connectivity index (χ4n) is 3.49. The molecular formula is C26H24N2O6S2. The van der Waals surface area contributed by atoms with Gasteiger partial charge in [0.2, 0.25) is 10.0 Å². The van der Waals surface area contributed by atoms with E-state index in [1.165, 1.54) is 42.7 Å². The smallest absolute Gasteiger partial charge is 0.348 e. The number of hydrogen-bond acceptors (Lipinski definition) is 7. The number of benzene rings is 3. The topological polar surface area (TPSA) is 111 Å². The molecule has 1 heterocycles. The monoisotopic (exact) mass is 524 g/mol. The lowest BCUT2D eigenvalue weighted by Gasteiger charge is -2.15. The number of ether oxygens (including phenoxy) is 2. The van der Waals surface area contributed by atoms with Crippen LogP contribution in [-0.2, 0) is 19.6 Å². The second-order valence-electron chi connectivity index (χ2n) is 7.92. The SMILES string of the molecule is COC(=O)c1cc2cc(NC(=O)COc3ccc(S(=O)(=O)N[C@H](C)c4ccccc4)cc3)ccc2s1. The normalized spacial score (nSPS) is 12.2. The Labute approximate surface area is 212 Å². The predicted octanol–water partition coefficient (Wildman–Crippen LogP) is 4.74. The highest BCUT2D eigenvalue weighted by molar-refractivity contribution is 7.89. The van der Waals surface area contributed by atoms with Crippen molar-refractivity contribution in [3.8, 4) is 5.75 Å². The number of nitrogens with one attached hydrogen (secondary N) is 2. The molecule has 8 nitrogen and oxygen atoms in total. The van der Waals surface area contributed by atoms with Crippen LogP contribution in [0.2, 0.25) is 0 Å². The summed E-state index contributed by atoms with van der Waals surface area (Å²) in [6, 6.07) is 21.8. The van der Waals surface area contributed by atoms with E-state index in [1.807, 2.05) is 36.4 Å². The van der Waals surface area contributed by atoms with Crippen molar-refractivity contribution in [2.24, 2.45) is 0 Å². The molecule has 0 spiro atoms. The van der Waals surface area contributed by atoms with E-state index in [0.29, 0.717) is 16.3 Å². The lowest BCUT2D eigenvalue weighted by atomic mass is 10.1. The van der Waals surface area contributed by atoms with E-state index in [9.17, 15) is 18.0 Å². The van der Waals surface area contributed by atoms with Crippen LogP contribution < -0.4 is 14.8 Å². The molecule has 186 valence electrons. The number of amides is 1. The molecule has 0 aliphatic carbocycles. The van der Waals surface area contributed by atoms with Crippen molar-refractivity contribution in [1.29, 1.82) is 0 Å².